The first-order valence-corrected chi connectivity index (χ1v) is 16.1. The summed E-state index contributed by atoms with van der Waals surface area (Å²) >= 11 is 0. The predicted molar refractivity (Wildman–Crippen MR) is 151 cm³/mol. The zero-order chi connectivity index (χ0) is 26.1. The van der Waals surface area contributed by atoms with Gasteiger partial charge in [0.2, 0.25) is 5.95 Å². The number of nitrogens with zero attached hydrogens (tertiary/aromatic N) is 2. The van der Waals surface area contributed by atoms with Gasteiger partial charge in [-0.05, 0) is 67.9 Å². The Kier molecular flexibility index (Phi) is 11.0. The van der Waals surface area contributed by atoms with Crippen LogP contribution < -0.4 is 15.8 Å². The number of aryl methyl sites for hydroxylation is 2. The molecule has 6 nitrogen and oxygen atoms in total. The Balaban J connectivity index is 2.03. The van der Waals surface area contributed by atoms with E-state index in [0.717, 1.165) is 67.2 Å². The maximum absolute atomic E-state index is 6.32. The summed E-state index contributed by atoms with van der Waals surface area (Å²) in [5.74, 6) is 2.05. The third kappa shape index (κ3) is 8.80. The molecule has 2 aromatic rings. The van der Waals surface area contributed by atoms with Gasteiger partial charge in [0, 0.05) is 30.8 Å². The van der Waals surface area contributed by atoms with Crippen molar-refractivity contribution in [3.63, 3.8) is 0 Å². The number of nitrogens with one attached hydrogen (secondary N) is 1. The standard InChI is InChI=1S/C28H48N4O2Si/c1-9-10-12-17-30-26-24(21(2)31-27(29)32-26)20-23-16-15-22(19-25(23)33-6)14-11-13-18-34-35(7,8)28(3,4)5/h15-16,19H,9-14,17-18,20H2,1-8H3,(H3,29,30,31,32). The SMILES string of the molecule is CCCCCNc1nc(N)nc(C)c1Cc1ccc(CCCCO[Si](C)(C)C(C)(C)C)cc1OC. The van der Waals surface area contributed by atoms with Gasteiger partial charge >= 0.3 is 0 Å². The Morgan fingerprint density at radius 2 is 1.80 bits per heavy atom. The van der Waals surface area contributed by atoms with Crippen molar-refractivity contribution >= 4 is 20.1 Å². The van der Waals surface area contributed by atoms with Gasteiger partial charge in [-0.25, -0.2) is 4.98 Å². The maximum atomic E-state index is 6.32. The fourth-order valence-corrected chi connectivity index (χ4v) is 4.90. The number of methoxy groups -OCH3 is 1. The molecule has 0 saturated carbocycles. The zero-order valence-corrected chi connectivity index (χ0v) is 24.4. The van der Waals surface area contributed by atoms with Crippen LogP contribution >= 0.6 is 0 Å². The van der Waals surface area contributed by atoms with Crippen molar-refractivity contribution in [1.29, 1.82) is 0 Å². The molecule has 0 bridgehead atoms. The molecule has 7 heteroatoms. The van der Waals surface area contributed by atoms with Crippen LogP contribution in [0.4, 0.5) is 11.8 Å². The fourth-order valence-electron chi connectivity index (χ4n) is 3.81. The third-order valence-electron chi connectivity index (χ3n) is 7.15. The van der Waals surface area contributed by atoms with E-state index in [2.05, 4.69) is 74.3 Å². The molecule has 0 amide bonds. The van der Waals surface area contributed by atoms with Crippen LogP contribution in [0.15, 0.2) is 18.2 Å². The smallest absolute Gasteiger partial charge is 0.222 e. The fraction of sp³-hybridized carbons (Fsp3) is 0.643. The average molecular weight is 501 g/mol. The number of hydrogen-bond acceptors (Lipinski definition) is 6. The molecule has 196 valence electrons. The van der Waals surface area contributed by atoms with Crippen LogP contribution in [0.1, 0.15) is 82.2 Å². The molecule has 0 unspecified atom stereocenters. The van der Waals surface area contributed by atoms with Crippen molar-refractivity contribution in [3.05, 3.63) is 40.6 Å². The van der Waals surface area contributed by atoms with Crippen LogP contribution in [-0.4, -0.2) is 38.5 Å². The minimum atomic E-state index is -1.66. The molecule has 0 aliphatic rings. The number of aromatic nitrogens is 2. The Morgan fingerprint density at radius 3 is 2.46 bits per heavy atom. The third-order valence-corrected chi connectivity index (χ3v) is 11.7. The predicted octanol–water partition coefficient (Wildman–Crippen LogP) is 6.91. The molecular formula is C28H48N4O2Si. The lowest BCUT2D eigenvalue weighted by atomic mass is 9.99. The number of nitrogen functional groups attached to an aromatic ring is 1. The zero-order valence-electron chi connectivity index (χ0n) is 23.4. The van der Waals surface area contributed by atoms with Gasteiger partial charge in [0.05, 0.1) is 7.11 Å². The van der Waals surface area contributed by atoms with Crippen LogP contribution in [0.2, 0.25) is 18.1 Å². The molecule has 0 radical (unpaired) electrons. The van der Waals surface area contributed by atoms with Gasteiger partial charge in [-0.3, -0.25) is 0 Å². The molecule has 1 heterocycles. The largest absolute Gasteiger partial charge is 0.496 e. The minimum absolute atomic E-state index is 0.259. The summed E-state index contributed by atoms with van der Waals surface area (Å²) in [6.45, 7) is 17.4. The topological polar surface area (TPSA) is 82.3 Å². The molecule has 0 spiro atoms. The van der Waals surface area contributed by atoms with Crippen LogP contribution in [0, 0.1) is 6.92 Å². The van der Waals surface area contributed by atoms with Crippen LogP contribution in [-0.2, 0) is 17.3 Å². The first kappa shape index (κ1) is 29.1. The summed E-state index contributed by atoms with van der Waals surface area (Å²) < 4.78 is 12.1. The lowest BCUT2D eigenvalue weighted by Gasteiger charge is -2.36. The summed E-state index contributed by atoms with van der Waals surface area (Å²) in [5, 5.41) is 3.74. The van der Waals surface area contributed by atoms with Crippen LogP contribution in [0.25, 0.3) is 0 Å². The van der Waals surface area contributed by atoms with Crippen molar-refractivity contribution in [2.45, 2.75) is 97.7 Å². The lowest BCUT2D eigenvalue weighted by Crippen LogP contribution is -2.40. The van der Waals surface area contributed by atoms with E-state index in [1.54, 1.807) is 7.11 Å². The van der Waals surface area contributed by atoms with E-state index in [9.17, 15) is 0 Å². The molecule has 35 heavy (non-hydrogen) atoms. The number of unbranched alkanes of at least 4 members (excludes halogenated alkanes) is 3. The monoisotopic (exact) mass is 500 g/mol. The molecule has 0 saturated heterocycles. The van der Waals surface area contributed by atoms with Crippen molar-refractivity contribution in [2.75, 3.05) is 31.3 Å². The van der Waals surface area contributed by atoms with Crippen molar-refractivity contribution in [1.82, 2.24) is 9.97 Å². The number of nitrogens with two attached hydrogens (primary N) is 1. The van der Waals surface area contributed by atoms with E-state index in [1.165, 1.54) is 18.4 Å². The second-order valence-electron chi connectivity index (χ2n) is 11.0. The molecule has 2 rings (SSSR count). The Morgan fingerprint density at radius 1 is 1.06 bits per heavy atom. The molecule has 0 atom stereocenters. The van der Waals surface area contributed by atoms with Gasteiger partial charge in [-0.15, -0.1) is 0 Å². The number of rotatable bonds is 14. The quantitative estimate of drug-likeness (QED) is 0.216. The summed E-state index contributed by atoms with van der Waals surface area (Å²) in [4.78, 5) is 8.91. The average Bonchev–Trinajstić information content (AvgIpc) is 2.78. The first-order valence-electron chi connectivity index (χ1n) is 13.1. The van der Waals surface area contributed by atoms with Gasteiger partial charge in [0.25, 0.3) is 0 Å². The van der Waals surface area contributed by atoms with Gasteiger partial charge < -0.3 is 20.2 Å². The van der Waals surface area contributed by atoms with Gasteiger partial charge in [0.1, 0.15) is 11.6 Å². The molecule has 1 aromatic heterocycles. The van der Waals surface area contributed by atoms with E-state index in [1.807, 2.05) is 6.92 Å². The lowest BCUT2D eigenvalue weighted by molar-refractivity contribution is 0.279. The highest BCUT2D eigenvalue weighted by Crippen LogP contribution is 2.36. The van der Waals surface area contributed by atoms with Gasteiger partial charge in [-0.1, -0.05) is 52.7 Å². The number of ether oxygens (including phenoxy) is 1. The Bertz CT molecular complexity index is 941. The van der Waals surface area contributed by atoms with E-state index in [-0.39, 0.29) is 5.04 Å². The van der Waals surface area contributed by atoms with E-state index < -0.39 is 8.32 Å². The number of hydrogen-bond donors (Lipinski definition) is 2. The molecular weight excluding hydrogens is 452 g/mol. The Labute approximate surface area is 214 Å². The second kappa shape index (κ2) is 13.3. The summed E-state index contributed by atoms with van der Waals surface area (Å²) in [7, 11) is 0.0792. The van der Waals surface area contributed by atoms with E-state index in [4.69, 9.17) is 14.9 Å². The maximum Gasteiger partial charge on any atom is 0.222 e. The molecule has 0 aliphatic carbocycles. The highest BCUT2D eigenvalue weighted by atomic mass is 28.4. The van der Waals surface area contributed by atoms with Gasteiger partial charge in [-0.2, -0.15) is 4.98 Å². The van der Waals surface area contributed by atoms with Gasteiger partial charge in [0.15, 0.2) is 8.32 Å². The van der Waals surface area contributed by atoms with E-state index in [0.29, 0.717) is 12.4 Å². The summed E-state index contributed by atoms with van der Waals surface area (Å²) in [6, 6.07) is 6.57. The molecule has 1 aromatic carbocycles. The van der Waals surface area contributed by atoms with Crippen molar-refractivity contribution in [3.8, 4) is 5.75 Å². The normalized spacial score (nSPS) is 12.1. The minimum Gasteiger partial charge on any atom is -0.496 e. The van der Waals surface area contributed by atoms with Crippen molar-refractivity contribution in [2.24, 2.45) is 0 Å². The molecule has 3 N–H and O–H groups in total. The first-order chi connectivity index (χ1) is 16.5. The van der Waals surface area contributed by atoms with Crippen LogP contribution in [0.3, 0.4) is 0 Å². The second-order valence-corrected chi connectivity index (χ2v) is 15.8. The highest BCUT2D eigenvalue weighted by Gasteiger charge is 2.36. The number of anilines is 2. The van der Waals surface area contributed by atoms with Crippen LogP contribution in [0.5, 0.6) is 5.75 Å². The molecule has 0 fully saturated rings. The Hall–Kier alpha value is -2.12. The highest BCUT2D eigenvalue weighted by molar-refractivity contribution is 6.74. The summed E-state index contributed by atoms with van der Waals surface area (Å²) in [6.07, 6.45) is 7.39. The number of benzene rings is 1. The van der Waals surface area contributed by atoms with E-state index >= 15 is 0 Å². The van der Waals surface area contributed by atoms with Crippen molar-refractivity contribution < 1.29 is 9.16 Å². The summed E-state index contributed by atoms with van der Waals surface area (Å²) in [5.41, 5.74) is 10.3. The molecule has 0 aliphatic heterocycles.